The lowest BCUT2D eigenvalue weighted by molar-refractivity contribution is 0.219. The molecule has 0 bridgehead atoms. The molecular weight excluding hydrogens is 172 g/mol. The van der Waals surface area contributed by atoms with Crippen molar-refractivity contribution < 1.29 is 5.11 Å². The highest BCUT2D eigenvalue weighted by atomic mass is 16.3. The van der Waals surface area contributed by atoms with Crippen molar-refractivity contribution in [2.24, 2.45) is 0 Å². The fourth-order valence-electron chi connectivity index (χ4n) is 1.34. The monoisotopic (exact) mass is 188 g/mol. The van der Waals surface area contributed by atoms with Gasteiger partial charge in [-0.25, -0.2) is 0 Å². The van der Waals surface area contributed by atoms with Crippen LogP contribution in [0.4, 0.5) is 0 Å². The van der Waals surface area contributed by atoms with E-state index in [1.807, 2.05) is 0 Å². The molecule has 1 rings (SSSR count). The van der Waals surface area contributed by atoms with Gasteiger partial charge in [-0.2, -0.15) is 0 Å². The quantitative estimate of drug-likeness (QED) is 0.719. The molecule has 1 nitrogen and oxygen atoms in total. The lowest BCUT2D eigenvalue weighted by atomic mass is 10.1. The summed E-state index contributed by atoms with van der Waals surface area (Å²) in [5.41, 5.74) is 2.58. The third-order valence-electron chi connectivity index (χ3n) is 2.26. The molecule has 0 aliphatic carbocycles. The van der Waals surface area contributed by atoms with E-state index in [-0.39, 0.29) is 0 Å². The molecule has 0 aliphatic heterocycles. The highest BCUT2D eigenvalue weighted by Crippen LogP contribution is 2.08. The van der Waals surface area contributed by atoms with Gasteiger partial charge in [0.1, 0.15) is 6.10 Å². The van der Waals surface area contributed by atoms with Crippen LogP contribution in [0.25, 0.3) is 0 Å². The second-order valence-corrected chi connectivity index (χ2v) is 3.56. The Morgan fingerprint density at radius 3 is 2.57 bits per heavy atom. The van der Waals surface area contributed by atoms with Crippen molar-refractivity contribution in [3.63, 3.8) is 0 Å². The second kappa shape index (κ2) is 5.47. The molecule has 1 unspecified atom stereocenters. The Kier molecular flexibility index (Phi) is 4.22. The molecule has 0 amide bonds. The van der Waals surface area contributed by atoms with Crippen molar-refractivity contribution in [3.05, 3.63) is 35.4 Å². The van der Waals surface area contributed by atoms with Crippen molar-refractivity contribution in [3.8, 4) is 12.3 Å². The summed E-state index contributed by atoms with van der Waals surface area (Å²) >= 11 is 0. The summed E-state index contributed by atoms with van der Waals surface area (Å²) < 4.78 is 0. The summed E-state index contributed by atoms with van der Waals surface area (Å²) in [5.74, 6) is 2.32. The van der Waals surface area contributed by atoms with Crippen LogP contribution in [0.3, 0.4) is 0 Å². The standard InChI is InChI=1S/C13H16O/c1-3-13(14)6-4-5-12-9-7-11(2)8-10-12/h1,7-10,13-14H,4-6H2,2H3. The molecule has 0 aliphatic rings. The van der Waals surface area contributed by atoms with E-state index < -0.39 is 6.10 Å². The topological polar surface area (TPSA) is 20.2 Å². The number of rotatable bonds is 4. The zero-order valence-corrected chi connectivity index (χ0v) is 8.53. The maximum Gasteiger partial charge on any atom is 0.114 e. The van der Waals surface area contributed by atoms with E-state index in [0.717, 1.165) is 12.8 Å². The third-order valence-corrected chi connectivity index (χ3v) is 2.26. The van der Waals surface area contributed by atoms with E-state index in [4.69, 9.17) is 11.5 Å². The van der Waals surface area contributed by atoms with Gasteiger partial charge in [-0.15, -0.1) is 6.42 Å². The van der Waals surface area contributed by atoms with Gasteiger partial charge in [0, 0.05) is 0 Å². The molecule has 1 aromatic rings. The summed E-state index contributed by atoms with van der Waals surface area (Å²) in [6, 6.07) is 8.45. The first kappa shape index (κ1) is 10.8. The van der Waals surface area contributed by atoms with Gasteiger partial charge in [-0.1, -0.05) is 35.7 Å². The Hall–Kier alpha value is -1.26. The molecule has 1 N–H and O–H groups in total. The van der Waals surface area contributed by atoms with Crippen molar-refractivity contribution in [1.82, 2.24) is 0 Å². The van der Waals surface area contributed by atoms with E-state index in [0.29, 0.717) is 6.42 Å². The highest BCUT2D eigenvalue weighted by Gasteiger charge is 1.98. The summed E-state index contributed by atoms with van der Waals surface area (Å²) in [4.78, 5) is 0. The smallest absolute Gasteiger partial charge is 0.114 e. The van der Waals surface area contributed by atoms with Gasteiger partial charge < -0.3 is 5.11 Å². The molecule has 0 aromatic heterocycles. The molecule has 0 radical (unpaired) electrons. The molecular formula is C13H16O. The predicted molar refractivity (Wildman–Crippen MR) is 59.0 cm³/mol. The third kappa shape index (κ3) is 3.64. The maximum absolute atomic E-state index is 9.14. The molecule has 1 atom stereocenters. The zero-order chi connectivity index (χ0) is 10.4. The summed E-state index contributed by atoms with van der Waals surface area (Å²) in [6.07, 6.45) is 7.10. The largest absolute Gasteiger partial charge is 0.380 e. The van der Waals surface area contributed by atoms with Gasteiger partial charge in [0.2, 0.25) is 0 Å². The first-order valence-corrected chi connectivity index (χ1v) is 4.92. The van der Waals surface area contributed by atoms with Gasteiger partial charge >= 0.3 is 0 Å². The van der Waals surface area contributed by atoms with Crippen LogP contribution in [-0.2, 0) is 6.42 Å². The molecule has 1 heteroatoms. The molecule has 0 fully saturated rings. The van der Waals surface area contributed by atoms with Gasteiger partial charge in [0.25, 0.3) is 0 Å². The Labute approximate surface area is 85.8 Å². The van der Waals surface area contributed by atoms with Gasteiger partial charge in [0.05, 0.1) is 0 Å². The summed E-state index contributed by atoms with van der Waals surface area (Å²) in [7, 11) is 0. The minimum atomic E-state index is -0.583. The van der Waals surface area contributed by atoms with Crippen molar-refractivity contribution in [1.29, 1.82) is 0 Å². The number of aryl methyl sites for hydroxylation is 2. The van der Waals surface area contributed by atoms with Crippen LogP contribution in [0, 0.1) is 19.3 Å². The van der Waals surface area contributed by atoms with Gasteiger partial charge in [-0.3, -0.25) is 0 Å². The van der Waals surface area contributed by atoms with Crippen molar-refractivity contribution in [2.75, 3.05) is 0 Å². The molecule has 0 saturated heterocycles. The van der Waals surface area contributed by atoms with Crippen LogP contribution in [0.2, 0.25) is 0 Å². The first-order valence-electron chi connectivity index (χ1n) is 4.92. The highest BCUT2D eigenvalue weighted by molar-refractivity contribution is 5.21. The Morgan fingerprint density at radius 2 is 2.00 bits per heavy atom. The second-order valence-electron chi connectivity index (χ2n) is 3.56. The molecule has 0 heterocycles. The first-order chi connectivity index (χ1) is 6.72. The number of terminal acetylenes is 1. The van der Waals surface area contributed by atoms with Gasteiger partial charge in [-0.05, 0) is 31.7 Å². The van der Waals surface area contributed by atoms with Crippen molar-refractivity contribution >= 4 is 0 Å². The lowest BCUT2D eigenvalue weighted by Crippen LogP contribution is -2.02. The van der Waals surface area contributed by atoms with Crippen LogP contribution in [-0.4, -0.2) is 11.2 Å². The minimum absolute atomic E-state index is 0.583. The van der Waals surface area contributed by atoms with E-state index in [1.165, 1.54) is 11.1 Å². The lowest BCUT2D eigenvalue weighted by Gasteiger charge is -2.03. The van der Waals surface area contributed by atoms with Crippen molar-refractivity contribution in [2.45, 2.75) is 32.3 Å². The van der Waals surface area contributed by atoms with E-state index in [1.54, 1.807) is 0 Å². The van der Waals surface area contributed by atoms with Gasteiger partial charge in [0.15, 0.2) is 0 Å². The summed E-state index contributed by atoms with van der Waals surface area (Å²) in [5, 5.41) is 9.14. The van der Waals surface area contributed by atoms with Crippen LogP contribution >= 0.6 is 0 Å². The van der Waals surface area contributed by atoms with E-state index in [2.05, 4.69) is 37.1 Å². The zero-order valence-electron chi connectivity index (χ0n) is 8.53. The fraction of sp³-hybridized carbons (Fsp3) is 0.385. The Balaban J connectivity index is 2.32. The SMILES string of the molecule is C#CC(O)CCCc1ccc(C)cc1. The Morgan fingerprint density at radius 1 is 1.36 bits per heavy atom. The molecule has 1 aromatic carbocycles. The molecule has 14 heavy (non-hydrogen) atoms. The van der Waals surface area contributed by atoms with Crippen LogP contribution < -0.4 is 0 Å². The normalized spacial score (nSPS) is 12.1. The minimum Gasteiger partial charge on any atom is -0.380 e. The molecule has 0 saturated carbocycles. The molecule has 0 spiro atoms. The van der Waals surface area contributed by atoms with E-state index >= 15 is 0 Å². The number of hydrogen-bond donors (Lipinski definition) is 1. The predicted octanol–water partition coefficient (Wildman–Crippen LogP) is 2.31. The Bertz CT molecular complexity index is 305. The number of aliphatic hydroxyl groups excluding tert-OH is 1. The number of hydrogen-bond acceptors (Lipinski definition) is 1. The van der Waals surface area contributed by atoms with Crippen LogP contribution in [0.5, 0.6) is 0 Å². The average molecular weight is 188 g/mol. The maximum atomic E-state index is 9.14. The number of benzene rings is 1. The number of aliphatic hydroxyl groups is 1. The fourth-order valence-corrected chi connectivity index (χ4v) is 1.34. The average Bonchev–Trinajstić information content (AvgIpc) is 2.21. The summed E-state index contributed by atoms with van der Waals surface area (Å²) in [6.45, 7) is 2.08. The van der Waals surface area contributed by atoms with E-state index in [9.17, 15) is 0 Å². The van der Waals surface area contributed by atoms with Crippen LogP contribution in [0.15, 0.2) is 24.3 Å². The molecule has 74 valence electrons. The van der Waals surface area contributed by atoms with Crippen LogP contribution in [0.1, 0.15) is 24.0 Å².